The number of rotatable bonds is 0. The summed E-state index contributed by atoms with van der Waals surface area (Å²) in [6.45, 7) is 0. The Morgan fingerprint density at radius 3 is 2.80 bits per heavy atom. The van der Waals surface area contributed by atoms with Crippen molar-refractivity contribution >= 4 is 29.7 Å². The SMILES string of the molecule is C1=CSCN1.C1=NCSC1.[HH]. The molecule has 0 radical (unpaired) electrons. The molecular formula is C6H12N2S2. The molecule has 0 amide bonds. The van der Waals surface area contributed by atoms with Gasteiger partial charge in [0.2, 0.25) is 0 Å². The standard InChI is InChI=1S/2C3H5NS.H2/c2*1-2-5-3-4-1;/h1H,2-3H2;1-2,4H,3H2;1H. The van der Waals surface area contributed by atoms with Crippen LogP contribution in [0.15, 0.2) is 16.6 Å². The van der Waals surface area contributed by atoms with Gasteiger partial charge in [-0.3, -0.25) is 4.99 Å². The number of thioether (sulfide) groups is 2. The lowest BCUT2D eigenvalue weighted by Crippen LogP contribution is -1.93. The van der Waals surface area contributed by atoms with Gasteiger partial charge in [0.25, 0.3) is 0 Å². The predicted octanol–water partition coefficient (Wildman–Crippen LogP) is 1.76. The van der Waals surface area contributed by atoms with Crippen LogP contribution < -0.4 is 5.32 Å². The molecule has 1 N–H and O–H groups in total. The Kier molecular flexibility index (Phi) is 4.55. The maximum absolute atomic E-state index is 3.92. The number of hydrogen-bond acceptors (Lipinski definition) is 4. The molecular weight excluding hydrogens is 164 g/mol. The molecule has 2 aliphatic rings. The van der Waals surface area contributed by atoms with Crippen molar-refractivity contribution in [3.63, 3.8) is 0 Å². The molecule has 2 aliphatic heterocycles. The lowest BCUT2D eigenvalue weighted by molar-refractivity contribution is 1.08. The summed E-state index contributed by atoms with van der Waals surface area (Å²) in [6.07, 6.45) is 3.90. The third-order valence-electron chi connectivity index (χ3n) is 0.936. The minimum atomic E-state index is 0. The van der Waals surface area contributed by atoms with Gasteiger partial charge in [-0.05, 0) is 5.41 Å². The summed E-state index contributed by atoms with van der Waals surface area (Å²) in [5.41, 5.74) is 0. The molecule has 4 heteroatoms. The molecule has 0 atom stereocenters. The third kappa shape index (κ3) is 3.85. The van der Waals surface area contributed by atoms with Crippen LogP contribution in [0.5, 0.6) is 0 Å². The fourth-order valence-corrected chi connectivity index (χ4v) is 1.51. The van der Waals surface area contributed by atoms with Crippen molar-refractivity contribution in [3.05, 3.63) is 11.6 Å². The van der Waals surface area contributed by atoms with Gasteiger partial charge >= 0.3 is 0 Å². The minimum absolute atomic E-state index is 0. The summed E-state index contributed by atoms with van der Waals surface area (Å²) < 4.78 is 0. The van der Waals surface area contributed by atoms with Crippen molar-refractivity contribution in [1.29, 1.82) is 0 Å². The van der Waals surface area contributed by atoms with E-state index in [1.807, 2.05) is 29.6 Å². The maximum atomic E-state index is 3.92. The first kappa shape index (κ1) is 8.01. The van der Waals surface area contributed by atoms with Crippen LogP contribution >= 0.6 is 23.5 Å². The molecule has 2 heterocycles. The van der Waals surface area contributed by atoms with Crippen LogP contribution in [-0.2, 0) is 0 Å². The molecule has 0 saturated carbocycles. The minimum Gasteiger partial charge on any atom is -0.381 e. The van der Waals surface area contributed by atoms with Crippen molar-refractivity contribution in [1.82, 2.24) is 5.32 Å². The Morgan fingerprint density at radius 2 is 2.60 bits per heavy atom. The first-order valence-corrected chi connectivity index (χ1v) is 5.26. The zero-order valence-electron chi connectivity index (χ0n) is 5.62. The molecule has 0 aromatic carbocycles. The Bertz CT molecular complexity index is 111. The van der Waals surface area contributed by atoms with Crippen LogP contribution in [0.4, 0.5) is 0 Å². The van der Waals surface area contributed by atoms with Gasteiger partial charge in [0, 0.05) is 19.6 Å². The average molecular weight is 176 g/mol. The Morgan fingerprint density at radius 1 is 1.60 bits per heavy atom. The molecule has 0 fully saturated rings. The van der Waals surface area contributed by atoms with Crippen molar-refractivity contribution in [3.8, 4) is 0 Å². The van der Waals surface area contributed by atoms with Crippen molar-refractivity contribution in [2.75, 3.05) is 17.5 Å². The maximum Gasteiger partial charge on any atom is 0.0844 e. The van der Waals surface area contributed by atoms with Crippen LogP contribution in [0.1, 0.15) is 1.43 Å². The molecule has 0 spiro atoms. The van der Waals surface area contributed by atoms with Crippen molar-refractivity contribution < 1.29 is 1.43 Å². The van der Waals surface area contributed by atoms with Crippen LogP contribution in [0, 0.1) is 0 Å². The second-order valence-corrected chi connectivity index (χ2v) is 3.58. The van der Waals surface area contributed by atoms with E-state index in [9.17, 15) is 0 Å². The summed E-state index contributed by atoms with van der Waals surface area (Å²) >= 11 is 3.63. The van der Waals surface area contributed by atoms with E-state index in [1.54, 1.807) is 11.8 Å². The normalized spacial score (nSPS) is 20.0. The lowest BCUT2D eigenvalue weighted by atomic mass is 10.9. The van der Waals surface area contributed by atoms with Gasteiger partial charge in [-0.15, -0.1) is 23.5 Å². The topological polar surface area (TPSA) is 24.4 Å². The van der Waals surface area contributed by atoms with E-state index in [4.69, 9.17) is 0 Å². The fraction of sp³-hybridized carbons (Fsp3) is 0.500. The highest BCUT2D eigenvalue weighted by atomic mass is 32.2. The molecule has 0 bridgehead atoms. The van der Waals surface area contributed by atoms with E-state index in [0.29, 0.717) is 0 Å². The molecule has 0 aromatic rings. The third-order valence-corrected chi connectivity index (χ3v) is 2.31. The molecule has 0 aliphatic carbocycles. The van der Waals surface area contributed by atoms with Crippen molar-refractivity contribution in [2.24, 2.45) is 4.99 Å². The zero-order chi connectivity index (χ0) is 7.07. The molecule has 0 unspecified atom stereocenters. The first-order chi connectivity index (χ1) is 5.00. The molecule has 10 heavy (non-hydrogen) atoms. The van der Waals surface area contributed by atoms with Gasteiger partial charge in [0.15, 0.2) is 0 Å². The largest absolute Gasteiger partial charge is 0.381 e. The monoisotopic (exact) mass is 176 g/mol. The lowest BCUT2D eigenvalue weighted by Gasteiger charge is -1.77. The summed E-state index contributed by atoms with van der Waals surface area (Å²) in [4.78, 5) is 3.92. The summed E-state index contributed by atoms with van der Waals surface area (Å²) in [7, 11) is 0. The number of hydrogen-bond donors (Lipinski definition) is 1. The average Bonchev–Trinajstić information content (AvgIpc) is 2.67. The highest BCUT2D eigenvalue weighted by molar-refractivity contribution is 8.02. The number of nitrogens with zero attached hydrogens (tertiary/aromatic N) is 1. The molecule has 58 valence electrons. The van der Waals surface area contributed by atoms with Gasteiger partial charge in [-0.1, -0.05) is 0 Å². The highest BCUT2D eigenvalue weighted by Gasteiger charge is 1.85. The Hall–Kier alpha value is -0.0900. The second-order valence-electron chi connectivity index (χ2n) is 1.68. The fourth-order valence-electron chi connectivity index (χ4n) is 0.504. The second kappa shape index (κ2) is 5.68. The Balaban J connectivity index is 0.000000167. The van der Waals surface area contributed by atoms with E-state index in [1.165, 1.54) is 0 Å². The quantitative estimate of drug-likeness (QED) is 0.608. The Labute approximate surface area is 71.0 Å². The summed E-state index contributed by atoms with van der Waals surface area (Å²) in [5.74, 6) is 3.17. The molecule has 0 saturated heterocycles. The first-order valence-electron chi connectivity index (χ1n) is 3.06. The highest BCUT2D eigenvalue weighted by Crippen LogP contribution is 2.02. The van der Waals surface area contributed by atoms with Gasteiger partial charge in [-0.2, -0.15) is 0 Å². The summed E-state index contributed by atoms with van der Waals surface area (Å²) in [6, 6.07) is 0. The number of nitrogens with one attached hydrogen (secondary N) is 1. The molecule has 2 nitrogen and oxygen atoms in total. The zero-order valence-corrected chi connectivity index (χ0v) is 7.25. The van der Waals surface area contributed by atoms with Gasteiger partial charge in [-0.25, -0.2) is 0 Å². The van der Waals surface area contributed by atoms with Crippen LogP contribution in [0.2, 0.25) is 0 Å². The van der Waals surface area contributed by atoms with E-state index >= 15 is 0 Å². The molecule has 2 rings (SSSR count). The van der Waals surface area contributed by atoms with Gasteiger partial charge in [0.1, 0.15) is 0 Å². The summed E-state index contributed by atoms with van der Waals surface area (Å²) in [5, 5.41) is 5.05. The van der Waals surface area contributed by atoms with E-state index in [2.05, 4.69) is 10.3 Å². The van der Waals surface area contributed by atoms with Crippen LogP contribution in [0.3, 0.4) is 0 Å². The van der Waals surface area contributed by atoms with Crippen LogP contribution in [-0.4, -0.2) is 23.7 Å². The van der Waals surface area contributed by atoms with Crippen LogP contribution in [0.25, 0.3) is 0 Å². The molecule has 0 aromatic heterocycles. The van der Waals surface area contributed by atoms with E-state index in [0.717, 1.165) is 17.5 Å². The van der Waals surface area contributed by atoms with E-state index in [-0.39, 0.29) is 1.43 Å². The smallest absolute Gasteiger partial charge is 0.0844 e. The van der Waals surface area contributed by atoms with Gasteiger partial charge < -0.3 is 5.32 Å². The van der Waals surface area contributed by atoms with Gasteiger partial charge in [0.05, 0.1) is 11.8 Å². The van der Waals surface area contributed by atoms with Crippen molar-refractivity contribution in [2.45, 2.75) is 0 Å². The predicted molar refractivity (Wildman–Crippen MR) is 52.7 cm³/mol. The van der Waals surface area contributed by atoms with E-state index < -0.39 is 0 Å². The number of aliphatic imine (C=N–C) groups is 1.